The predicted octanol–water partition coefficient (Wildman–Crippen LogP) is 4.67. The van der Waals surface area contributed by atoms with Gasteiger partial charge < -0.3 is 0 Å². The van der Waals surface area contributed by atoms with Crippen LogP contribution in [-0.2, 0) is 13.2 Å². The average Bonchev–Trinajstić information content (AvgIpc) is 3.26. The number of hydrogen-bond acceptors (Lipinski definition) is 5. The van der Waals surface area contributed by atoms with E-state index in [0.717, 1.165) is 10.9 Å². The van der Waals surface area contributed by atoms with Crippen LogP contribution in [0.5, 0.6) is 0 Å². The number of aromatic nitrogens is 4. The Hall–Kier alpha value is -3.27. The second-order valence-electron chi connectivity index (χ2n) is 6.32. The second-order valence-corrected chi connectivity index (χ2v) is 7.18. The smallest absolute Gasteiger partial charge is 0.298 e. The molecule has 10 heteroatoms. The van der Waals surface area contributed by atoms with Crippen LogP contribution in [0.2, 0.25) is 0 Å². The van der Waals surface area contributed by atoms with Gasteiger partial charge >= 0.3 is 6.18 Å². The van der Waals surface area contributed by atoms with Gasteiger partial charge in [0.1, 0.15) is 0 Å². The minimum Gasteiger partial charge on any atom is -0.298 e. The van der Waals surface area contributed by atoms with E-state index in [2.05, 4.69) is 20.4 Å². The number of hydrogen-bond donors (Lipinski definition) is 1. The SMILES string of the molecule is Cc1nn(C)c2nc(-c3ccccc3)cc(C(=O)Nc3nc(C(F)(F)F)cs3)c12. The number of anilines is 1. The number of carbonyl (C=O) groups is 1. The highest BCUT2D eigenvalue weighted by molar-refractivity contribution is 7.14. The van der Waals surface area contributed by atoms with Crippen molar-refractivity contribution < 1.29 is 18.0 Å². The third kappa shape index (κ3) is 3.58. The summed E-state index contributed by atoms with van der Waals surface area (Å²) in [5.74, 6) is -0.575. The topological polar surface area (TPSA) is 72.7 Å². The van der Waals surface area contributed by atoms with Gasteiger partial charge in [0.15, 0.2) is 16.5 Å². The molecule has 6 nitrogen and oxygen atoms in total. The summed E-state index contributed by atoms with van der Waals surface area (Å²) in [6, 6.07) is 10.9. The van der Waals surface area contributed by atoms with Gasteiger partial charge in [-0.05, 0) is 13.0 Å². The minimum absolute atomic E-state index is 0.130. The molecule has 4 rings (SSSR count). The summed E-state index contributed by atoms with van der Waals surface area (Å²) < 4.78 is 39.9. The zero-order chi connectivity index (χ0) is 20.8. The van der Waals surface area contributed by atoms with Crippen LogP contribution in [0.1, 0.15) is 21.7 Å². The van der Waals surface area contributed by atoms with E-state index in [9.17, 15) is 18.0 Å². The summed E-state index contributed by atoms with van der Waals surface area (Å²) in [5, 5.41) is 8.06. The van der Waals surface area contributed by atoms with Crippen LogP contribution >= 0.6 is 11.3 Å². The number of pyridine rings is 1. The summed E-state index contributed by atoms with van der Waals surface area (Å²) in [6.07, 6.45) is -4.57. The Labute approximate surface area is 167 Å². The molecule has 0 saturated carbocycles. The zero-order valence-corrected chi connectivity index (χ0v) is 16.1. The number of halogens is 3. The monoisotopic (exact) mass is 417 g/mol. The van der Waals surface area contributed by atoms with Gasteiger partial charge in [0, 0.05) is 18.0 Å². The van der Waals surface area contributed by atoms with Crippen LogP contribution in [-0.4, -0.2) is 25.7 Å². The third-order valence-electron chi connectivity index (χ3n) is 4.30. The summed E-state index contributed by atoms with van der Waals surface area (Å²) >= 11 is 0.715. The number of thiazole rings is 1. The van der Waals surface area contributed by atoms with Crippen molar-refractivity contribution in [1.82, 2.24) is 19.7 Å². The van der Waals surface area contributed by atoms with Crippen molar-refractivity contribution in [2.75, 3.05) is 5.32 Å². The van der Waals surface area contributed by atoms with Crippen molar-refractivity contribution in [3.05, 3.63) is 58.7 Å². The van der Waals surface area contributed by atoms with Gasteiger partial charge in [0.05, 0.1) is 22.3 Å². The molecular weight excluding hydrogens is 403 g/mol. The molecule has 1 aromatic carbocycles. The highest BCUT2D eigenvalue weighted by Gasteiger charge is 2.34. The highest BCUT2D eigenvalue weighted by Crippen LogP contribution is 2.32. The number of fused-ring (bicyclic) bond motifs is 1. The van der Waals surface area contributed by atoms with Crippen molar-refractivity contribution in [1.29, 1.82) is 0 Å². The molecule has 0 fully saturated rings. The lowest BCUT2D eigenvalue weighted by Gasteiger charge is -2.08. The van der Waals surface area contributed by atoms with E-state index in [0.29, 0.717) is 33.8 Å². The zero-order valence-electron chi connectivity index (χ0n) is 15.3. The third-order valence-corrected chi connectivity index (χ3v) is 5.06. The first-order valence-electron chi connectivity index (χ1n) is 8.48. The predicted molar refractivity (Wildman–Crippen MR) is 104 cm³/mol. The summed E-state index contributed by atoms with van der Waals surface area (Å²) in [5.41, 5.74) is 1.68. The largest absolute Gasteiger partial charge is 0.434 e. The van der Waals surface area contributed by atoms with Gasteiger partial charge in [0.25, 0.3) is 5.91 Å². The molecule has 3 aromatic heterocycles. The van der Waals surface area contributed by atoms with Crippen molar-refractivity contribution in [2.45, 2.75) is 13.1 Å². The first-order valence-corrected chi connectivity index (χ1v) is 9.36. The highest BCUT2D eigenvalue weighted by atomic mass is 32.1. The van der Waals surface area contributed by atoms with Gasteiger partial charge in [0.2, 0.25) is 0 Å². The van der Waals surface area contributed by atoms with Crippen molar-refractivity contribution >= 4 is 33.4 Å². The number of nitrogens with zero attached hydrogens (tertiary/aromatic N) is 4. The lowest BCUT2D eigenvalue weighted by atomic mass is 10.1. The molecule has 0 radical (unpaired) electrons. The molecule has 0 unspecified atom stereocenters. The standard InChI is InChI=1S/C19H14F3N5OS/c1-10-15-12(17(28)25-18-24-14(9-29-18)19(20,21)22)8-13(11-6-4-3-5-7-11)23-16(15)27(2)26-10/h3-9H,1-2H3,(H,24,25,28). The van der Waals surface area contributed by atoms with Crippen LogP contribution in [0.15, 0.2) is 41.8 Å². The number of alkyl halides is 3. The molecule has 0 spiro atoms. The number of benzene rings is 1. The normalized spacial score (nSPS) is 11.8. The molecule has 0 bridgehead atoms. The van der Waals surface area contributed by atoms with Crippen molar-refractivity contribution in [3.8, 4) is 11.3 Å². The van der Waals surface area contributed by atoms with E-state index in [1.807, 2.05) is 30.3 Å². The summed E-state index contributed by atoms with van der Waals surface area (Å²) in [4.78, 5) is 21.0. The molecule has 3 heterocycles. The summed E-state index contributed by atoms with van der Waals surface area (Å²) in [7, 11) is 1.72. The maximum Gasteiger partial charge on any atom is 0.434 e. The van der Waals surface area contributed by atoms with E-state index in [4.69, 9.17) is 0 Å². The average molecular weight is 417 g/mol. The number of carbonyl (C=O) groups excluding carboxylic acids is 1. The molecule has 0 saturated heterocycles. The van der Waals surface area contributed by atoms with E-state index >= 15 is 0 Å². The lowest BCUT2D eigenvalue weighted by molar-refractivity contribution is -0.140. The van der Waals surface area contributed by atoms with Gasteiger partial charge in [-0.15, -0.1) is 11.3 Å². The van der Waals surface area contributed by atoms with Gasteiger partial charge in [-0.25, -0.2) is 9.97 Å². The number of rotatable bonds is 3. The molecule has 148 valence electrons. The Balaban J connectivity index is 1.79. The Morgan fingerprint density at radius 1 is 1.17 bits per heavy atom. The van der Waals surface area contributed by atoms with Gasteiger partial charge in [-0.3, -0.25) is 14.8 Å². The fraction of sp³-hybridized carbons (Fsp3) is 0.158. The molecular formula is C19H14F3N5OS. The lowest BCUT2D eigenvalue weighted by Crippen LogP contribution is -2.14. The van der Waals surface area contributed by atoms with Crippen molar-refractivity contribution in [2.24, 2.45) is 7.05 Å². The second kappa shape index (κ2) is 6.96. The molecule has 29 heavy (non-hydrogen) atoms. The number of amides is 1. The van der Waals surface area contributed by atoms with Crippen molar-refractivity contribution in [3.63, 3.8) is 0 Å². The first kappa shape index (κ1) is 19.1. The molecule has 0 aliphatic carbocycles. The van der Waals surface area contributed by atoms with E-state index in [1.54, 1.807) is 24.7 Å². The summed E-state index contributed by atoms with van der Waals surface area (Å²) in [6.45, 7) is 1.74. The number of aryl methyl sites for hydroxylation is 2. The Morgan fingerprint density at radius 3 is 2.55 bits per heavy atom. The molecule has 0 atom stereocenters. The minimum atomic E-state index is -4.57. The van der Waals surface area contributed by atoms with E-state index in [-0.39, 0.29) is 10.7 Å². The van der Waals surface area contributed by atoms with Crippen LogP contribution in [0, 0.1) is 6.92 Å². The molecule has 0 aliphatic heterocycles. The molecule has 1 amide bonds. The Kier molecular flexibility index (Phi) is 4.58. The maximum atomic E-state index is 12.9. The van der Waals surface area contributed by atoms with Gasteiger partial charge in [-0.1, -0.05) is 30.3 Å². The fourth-order valence-corrected chi connectivity index (χ4v) is 3.72. The fourth-order valence-electron chi connectivity index (χ4n) is 3.01. The quantitative estimate of drug-likeness (QED) is 0.526. The molecule has 4 aromatic rings. The number of nitrogens with one attached hydrogen (secondary N) is 1. The van der Waals surface area contributed by atoms with Crippen LogP contribution in [0.25, 0.3) is 22.3 Å². The molecule has 0 aliphatic rings. The van der Waals surface area contributed by atoms with Crippen LogP contribution < -0.4 is 5.32 Å². The Morgan fingerprint density at radius 2 is 1.90 bits per heavy atom. The maximum absolute atomic E-state index is 12.9. The van der Waals surface area contributed by atoms with E-state index < -0.39 is 17.8 Å². The van der Waals surface area contributed by atoms with Gasteiger partial charge in [-0.2, -0.15) is 18.3 Å². The Bertz CT molecular complexity index is 1210. The van der Waals surface area contributed by atoms with E-state index in [1.165, 1.54) is 0 Å². The van der Waals surface area contributed by atoms with Crippen LogP contribution in [0.4, 0.5) is 18.3 Å². The van der Waals surface area contributed by atoms with Crippen LogP contribution in [0.3, 0.4) is 0 Å². The molecule has 1 N–H and O–H groups in total. The first-order chi connectivity index (χ1) is 13.7.